The van der Waals surface area contributed by atoms with E-state index in [1.54, 1.807) is 30.5 Å². The van der Waals surface area contributed by atoms with Gasteiger partial charge in [0.05, 0.1) is 22.5 Å². The van der Waals surface area contributed by atoms with Crippen molar-refractivity contribution in [1.82, 2.24) is 15.3 Å². The molecule has 1 amide bonds. The van der Waals surface area contributed by atoms with Gasteiger partial charge in [0.15, 0.2) is 6.61 Å². The summed E-state index contributed by atoms with van der Waals surface area (Å²) in [7, 11) is 0. The highest BCUT2D eigenvalue weighted by molar-refractivity contribution is 6.31. The number of esters is 1. The van der Waals surface area contributed by atoms with E-state index in [1.807, 2.05) is 48.5 Å². The van der Waals surface area contributed by atoms with Gasteiger partial charge in [0.1, 0.15) is 0 Å². The van der Waals surface area contributed by atoms with Crippen LogP contribution in [0.2, 0.25) is 5.02 Å². The van der Waals surface area contributed by atoms with Gasteiger partial charge in [-0.2, -0.15) is 0 Å². The largest absolute Gasteiger partial charge is 0.452 e. The maximum absolute atomic E-state index is 12.8. The van der Waals surface area contributed by atoms with Crippen LogP contribution in [-0.2, 0) is 16.1 Å². The van der Waals surface area contributed by atoms with E-state index in [9.17, 15) is 9.59 Å². The molecule has 0 unspecified atom stereocenters. The smallest absolute Gasteiger partial charge is 0.339 e. The first-order valence-electron chi connectivity index (χ1n) is 9.60. The number of benzene rings is 2. The summed E-state index contributed by atoms with van der Waals surface area (Å²) >= 11 is 6.09. The van der Waals surface area contributed by atoms with E-state index in [0.29, 0.717) is 32.9 Å². The molecule has 4 rings (SSSR count). The number of halogens is 1. The normalized spacial score (nSPS) is 10.6. The molecule has 0 aliphatic heterocycles. The molecule has 0 aliphatic rings. The number of pyridine rings is 2. The molecule has 0 saturated heterocycles. The molecule has 6 nitrogen and oxygen atoms in total. The fourth-order valence-corrected chi connectivity index (χ4v) is 3.29. The molecule has 2 aromatic carbocycles. The number of aromatic nitrogens is 2. The minimum atomic E-state index is -0.608. The van der Waals surface area contributed by atoms with Crippen molar-refractivity contribution in [2.75, 3.05) is 6.61 Å². The average Bonchev–Trinajstić information content (AvgIpc) is 2.82. The zero-order chi connectivity index (χ0) is 21.6. The Kier molecular flexibility index (Phi) is 6.19. The van der Waals surface area contributed by atoms with Gasteiger partial charge in [0.25, 0.3) is 5.91 Å². The molecule has 31 heavy (non-hydrogen) atoms. The van der Waals surface area contributed by atoms with Crippen LogP contribution in [0.1, 0.15) is 15.9 Å². The summed E-state index contributed by atoms with van der Waals surface area (Å²) in [6, 6.07) is 21.6. The summed E-state index contributed by atoms with van der Waals surface area (Å²) in [4.78, 5) is 33.9. The van der Waals surface area contributed by atoms with Crippen LogP contribution in [0.25, 0.3) is 22.3 Å². The molecule has 1 N–H and O–H groups in total. The number of hydrogen-bond acceptors (Lipinski definition) is 5. The maximum Gasteiger partial charge on any atom is 0.339 e. The van der Waals surface area contributed by atoms with Crippen LogP contribution >= 0.6 is 11.6 Å². The zero-order valence-electron chi connectivity index (χ0n) is 16.4. The Labute approximate surface area is 183 Å². The van der Waals surface area contributed by atoms with E-state index < -0.39 is 18.5 Å². The number of carbonyl (C=O) groups excluding carboxylic acids is 2. The number of amides is 1. The van der Waals surface area contributed by atoms with E-state index in [0.717, 1.165) is 5.56 Å². The summed E-state index contributed by atoms with van der Waals surface area (Å²) in [5.41, 5.74) is 2.93. The van der Waals surface area contributed by atoms with Gasteiger partial charge in [0.2, 0.25) is 0 Å². The molecule has 2 aromatic heterocycles. The summed E-state index contributed by atoms with van der Waals surface area (Å²) in [6.07, 6.45) is 1.66. The number of rotatable bonds is 6. The molecular formula is C24H18ClN3O3. The summed E-state index contributed by atoms with van der Waals surface area (Å²) in [5.74, 6) is -1.03. The third kappa shape index (κ3) is 4.87. The molecule has 0 bridgehead atoms. The van der Waals surface area contributed by atoms with Crippen LogP contribution in [0.4, 0.5) is 0 Å². The topological polar surface area (TPSA) is 81.2 Å². The Morgan fingerprint density at radius 1 is 0.935 bits per heavy atom. The van der Waals surface area contributed by atoms with Crippen LogP contribution in [-0.4, -0.2) is 28.5 Å². The van der Waals surface area contributed by atoms with Crippen molar-refractivity contribution in [3.8, 4) is 11.4 Å². The molecular weight excluding hydrogens is 414 g/mol. The molecule has 0 fully saturated rings. The molecule has 2 heterocycles. The lowest BCUT2D eigenvalue weighted by Gasteiger charge is -2.10. The lowest BCUT2D eigenvalue weighted by Crippen LogP contribution is -2.28. The van der Waals surface area contributed by atoms with E-state index in [-0.39, 0.29) is 6.54 Å². The number of fused-ring (bicyclic) bond motifs is 1. The molecule has 154 valence electrons. The minimum Gasteiger partial charge on any atom is -0.452 e. The van der Waals surface area contributed by atoms with Crippen LogP contribution in [0, 0.1) is 0 Å². The SMILES string of the molecule is O=C(COC(=O)c1cc(-c2ccccn2)nc2ccccc12)NCc1ccccc1Cl. The molecule has 0 saturated carbocycles. The summed E-state index contributed by atoms with van der Waals surface area (Å²) in [6.45, 7) is -0.156. The minimum absolute atomic E-state index is 0.248. The quantitative estimate of drug-likeness (QED) is 0.457. The van der Waals surface area contributed by atoms with E-state index >= 15 is 0 Å². The molecule has 4 aromatic rings. The van der Waals surface area contributed by atoms with Crippen molar-refractivity contribution in [3.63, 3.8) is 0 Å². The molecule has 0 radical (unpaired) electrons. The van der Waals surface area contributed by atoms with Crippen LogP contribution in [0.5, 0.6) is 0 Å². The van der Waals surface area contributed by atoms with Gasteiger partial charge >= 0.3 is 5.97 Å². The Balaban J connectivity index is 1.49. The van der Waals surface area contributed by atoms with Crippen LogP contribution < -0.4 is 5.32 Å². The standard InChI is InChI=1S/C24H18ClN3O3/c25-19-9-3-1-7-16(19)14-27-23(29)15-31-24(30)18-13-22(21-11-5-6-12-26-21)28-20-10-4-2-8-17(18)20/h1-13H,14-15H2,(H,27,29). The average molecular weight is 432 g/mol. The first-order chi connectivity index (χ1) is 15.1. The molecule has 0 spiro atoms. The van der Waals surface area contributed by atoms with Crippen molar-refractivity contribution in [2.24, 2.45) is 0 Å². The lowest BCUT2D eigenvalue weighted by molar-refractivity contribution is -0.124. The first kappa shape index (κ1) is 20.5. The summed E-state index contributed by atoms with van der Waals surface area (Å²) in [5, 5.41) is 3.90. The second kappa shape index (κ2) is 9.36. The number of nitrogens with zero attached hydrogens (tertiary/aromatic N) is 2. The number of carbonyl (C=O) groups is 2. The summed E-state index contributed by atoms with van der Waals surface area (Å²) < 4.78 is 5.28. The third-order valence-corrected chi connectivity index (χ3v) is 5.00. The number of hydrogen-bond donors (Lipinski definition) is 1. The van der Waals surface area contributed by atoms with Gasteiger partial charge in [-0.05, 0) is 35.9 Å². The van der Waals surface area contributed by atoms with E-state index in [4.69, 9.17) is 16.3 Å². The van der Waals surface area contributed by atoms with Gasteiger partial charge in [-0.3, -0.25) is 9.78 Å². The highest BCUT2D eigenvalue weighted by Crippen LogP contribution is 2.24. The van der Waals surface area contributed by atoms with Crippen molar-refractivity contribution >= 4 is 34.4 Å². The fourth-order valence-electron chi connectivity index (χ4n) is 3.09. The molecule has 0 aliphatic carbocycles. The Bertz CT molecular complexity index is 1250. The Hall–Kier alpha value is -3.77. The van der Waals surface area contributed by atoms with Gasteiger partial charge < -0.3 is 10.1 Å². The lowest BCUT2D eigenvalue weighted by atomic mass is 10.1. The van der Waals surface area contributed by atoms with Gasteiger partial charge in [-0.25, -0.2) is 9.78 Å². The van der Waals surface area contributed by atoms with Gasteiger partial charge in [-0.15, -0.1) is 0 Å². The maximum atomic E-state index is 12.8. The Morgan fingerprint density at radius 2 is 1.71 bits per heavy atom. The molecule has 0 atom stereocenters. The van der Waals surface area contributed by atoms with Crippen LogP contribution in [0.3, 0.4) is 0 Å². The van der Waals surface area contributed by atoms with Crippen molar-refractivity contribution in [2.45, 2.75) is 6.54 Å². The van der Waals surface area contributed by atoms with Gasteiger partial charge in [-0.1, -0.05) is 54.1 Å². The molecule has 7 heteroatoms. The highest BCUT2D eigenvalue weighted by Gasteiger charge is 2.17. The van der Waals surface area contributed by atoms with E-state index in [1.165, 1.54) is 0 Å². The number of nitrogens with one attached hydrogen (secondary N) is 1. The Morgan fingerprint density at radius 3 is 2.52 bits per heavy atom. The predicted molar refractivity (Wildman–Crippen MR) is 119 cm³/mol. The zero-order valence-corrected chi connectivity index (χ0v) is 17.2. The third-order valence-electron chi connectivity index (χ3n) is 4.63. The van der Waals surface area contributed by atoms with Crippen molar-refractivity contribution in [3.05, 3.63) is 95.1 Å². The van der Waals surface area contributed by atoms with E-state index in [2.05, 4.69) is 15.3 Å². The highest BCUT2D eigenvalue weighted by atomic mass is 35.5. The second-order valence-corrected chi connectivity index (χ2v) is 7.14. The van der Waals surface area contributed by atoms with Crippen LogP contribution in [0.15, 0.2) is 79.0 Å². The second-order valence-electron chi connectivity index (χ2n) is 6.73. The first-order valence-corrected chi connectivity index (χ1v) is 9.98. The van der Waals surface area contributed by atoms with Crippen molar-refractivity contribution < 1.29 is 14.3 Å². The number of ether oxygens (including phenoxy) is 1. The number of para-hydroxylation sites is 1. The predicted octanol–water partition coefficient (Wildman–Crippen LogP) is 4.42. The fraction of sp³-hybridized carbons (Fsp3) is 0.0833. The monoisotopic (exact) mass is 431 g/mol. The van der Waals surface area contributed by atoms with Gasteiger partial charge in [0, 0.05) is 23.2 Å². The van der Waals surface area contributed by atoms with Crippen molar-refractivity contribution in [1.29, 1.82) is 0 Å².